The number of aromatic nitrogens is 2. The van der Waals surface area contributed by atoms with Crippen molar-refractivity contribution in [3.05, 3.63) is 27.1 Å². The van der Waals surface area contributed by atoms with Crippen LogP contribution in [-0.2, 0) is 24.1 Å². The molecule has 0 saturated carbocycles. The number of fused-ring (bicyclic) bond motifs is 1. The minimum absolute atomic E-state index is 0. The number of hydrogen-bond acceptors (Lipinski definition) is 4. The van der Waals surface area contributed by atoms with Gasteiger partial charge >= 0.3 is 5.69 Å². The van der Waals surface area contributed by atoms with Crippen LogP contribution in [0.2, 0.25) is 0 Å². The fraction of sp³-hybridized carbons (Fsp3) is 0.462. The Morgan fingerprint density at radius 2 is 1.61 bits per heavy atom. The number of nitrogens with one attached hydrogen (secondary N) is 1. The quantitative estimate of drug-likeness (QED) is 0.767. The van der Waals surface area contributed by atoms with E-state index in [1.54, 1.807) is 26.2 Å². The van der Waals surface area contributed by atoms with Gasteiger partial charge in [0.15, 0.2) is 0 Å². The Labute approximate surface area is 148 Å². The van der Waals surface area contributed by atoms with Gasteiger partial charge in [0.2, 0.25) is 10.0 Å². The maximum atomic E-state index is 12.8. The number of hydrogen-bond donors (Lipinski definition) is 1. The molecule has 128 valence electrons. The normalized spacial score (nSPS) is 16.5. The van der Waals surface area contributed by atoms with Gasteiger partial charge in [-0.15, -0.1) is 12.4 Å². The maximum absolute atomic E-state index is 12.8. The van der Waals surface area contributed by atoms with Crippen LogP contribution in [-0.4, -0.2) is 48.0 Å². The van der Waals surface area contributed by atoms with Gasteiger partial charge in [-0.2, -0.15) is 4.31 Å². The molecule has 1 aromatic carbocycles. The minimum atomic E-state index is -3.58. The highest BCUT2D eigenvalue weighted by Gasteiger charge is 2.28. The molecule has 1 aliphatic rings. The highest BCUT2D eigenvalue weighted by atomic mass is 79.9. The molecule has 23 heavy (non-hydrogen) atoms. The third kappa shape index (κ3) is 2.96. The summed E-state index contributed by atoms with van der Waals surface area (Å²) < 4.78 is 30.6. The van der Waals surface area contributed by atoms with Crippen LogP contribution in [0.1, 0.15) is 0 Å². The summed E-state index contributed by atoms with van der Waals surface area (Å²) in [5, 5.41) is 3.14. The van der Waals surface area contributed by atoms with Crippen molar-refractivity contribution in [2.45, 2.75) is 4.90 Å². The Kier molecular flexibility index (Phi) is 5.27. The number of rotatable bonds is 2. The first-order chi connectivity index (χ1) is 10.3. The molecule has 1 aromatic heterocycles. The van der Waals surface area contributed by atoms with Crippen LogP contribution in [0, 0.1) is 0 Å². The van der Waals surface area contributed by atoms with Crippen LogP contribution in [0.5, 0.6) is 0 Å². The van der Waals surface area contributed by atoms with Gasteiger partial charge in [0.05, 0.1) is 15.9 Å². The summed E-state index contributed by atoms with van der Waals surface area (Å²) in [6.07, 6.45) is 0. The molecule has 0 bridgehead atoms. The van der Waals surface area contributed by atoms with Gasteiger partial charge in [0.25, 0.3) is 0 Å². The summed E-state index contributed by atoms with van der Waals surface area (Å²) in [7, 11) is -0.276. The molecular weight excluding hydrogens is 408 g/mol. The largest absolute Gasteiger partial charge is 0.328 e. The van der Waals surface area contributed by atoms with Crippen molar-refractivity contribution in [2.24, 2.45) is 14.1 Å². The molecular formula is C13H18BrClN4O3S. The summed E-state index contributed by atoms with van der Waals surface area (Å²) in [5.41, 5.74) is 1.11. The second-order valence-corrected chi connectivity index (χ2v) is 8.09. The summed E-state index contributed by atoms with van der Waals surface area (Å²) in [4.78, 5) is 12.2. The molecule has 10 heteroatoms. The minimum Gasteiger partial charge on any atom is -0.314 e. The lowest BCUT2D eigenvalue weighted by atomic mass is 10.3. The first-order valence-corrected chi connectivity index (χ1v) is 9.13. The summed E-state index contributed by atoms with van der Waals surface area (Å²) in [6, 6.07) is 3.25. The van der Waals surface area contributed by atoms with E-state index in [0.717, 1.165) is 0 Å². The lowest BCUT2D eigenvalue weighted by Crippen LogP contribution is -2.46. The first kappa shape index (κ1) is 18.5. The van der Waals surface area contributed by atoms with Gasteiger partial charge in [0.1, 0.15) is 0 Å². The van der Waals surface area contributed by atoms with E-state index in [2.05, 4.69) is 21.2 Å². The van der Waals surface area contributed by atoms with Crippen molar-refractivity contribution in [3.8, 4) is 0 Å². The average Bonchev–Trinajstić information content (AvgIpc) is 2.72. The number of halogens is 2. The molecule has 1 aliphatic heterocycles. The zero-order valence-electron chi connectivity index (χ0n) is 12.7. The SMILES string of the molecule is Cl.Cn1c(=O)n(C)c2cc(S(=O)(=O)N3CCNCC3)c(Br)cc21. The number of imidazole rings is 1. The van der Waals surface area contributed by atoms with Crippen LogP contribution in [0.3, 0.4) is 0 Å². The van der Waals surface area contributed by atoms with E-state index in [9.17, 15) is 13.2 Å². The summed E-state index contributed by atoms with van der Waals surface area (Å²) in [5.74, 6) is 0. The number of sulfonamides is 1. The molecule has 0 unspecified atom stereocenters. The maximum Gasteiger partial charge on any atom is 0.328 e. The molecule has 1 fully saturated rings. The first-order valence-electron chi connectivity index (χ1n) is 6.90. The van der Waals surface area contributed by atoms with E-state index in [0.29, 0.717) is 41.7 Å². The van der Waals surface area contributed by atoms with Crippen LogP contribution in [0.4, 0.5) is 0 Å². The van der Waals surface area contributed by atoms with Gasteiger partial charge in [-0.1, -0.05) is 0 Å². The van der Waals surface area contributed by atoms with Gasteiger partial charge in [-0.05, 0) is 28.1 Å². The number of nitrogens with zero attached hydrogens (tertiary/aromatic N) is 3. The lowest BCUT2D eigenvalue weighted by Gasteiger charge is -2.27. The third-order valence-corrected chi connectivity index (χ3v) is 6.88. The average molecular weight is 426 g/mol. The highest BCUT2D eigenvalue weighted by Crippen LogP contribution is 2.29. The van der Waals surface area contributed by atoms with Gasteiger partial charge < -0.3 is 5.32 Å². The lowest BCUT2D eigenvalue weighted by molar-refractivity contribution is 0.360. The van der Waals surface area contributed by atoms with Gasteiger partial charge in [0, 0.05) is 44.7 Å². The molecule has 2 aromatic rings. The molecule has 3 rings (SSSR count). The van der Waals surface area contributed by atoms with Crippen molar-refractivity contribution in [1.29, 1.82) is 0 Å². The molecule has 7 nitrogen and oxygen atoms in total. The summed E-state index contributed by atoms with van der Waals surface area (Å²) >= 11 is 3.34. The van der Waals surface area contributed by atoms with E-state index >= 15 is 0 Å². The molecule has 2 heterocycles. The van der Waals surface area contributed by atoms with Gasteiger partial charge in [-0.3, -0.25) is 9.13 Å². The van der Waals surface area contributed by atoms with E-state index in [1.165, 1.54) is 13.4 Å². The Balaban J connectivity index is 0.00000192. The zero-order chi connectivity index (χ0) is 16.1. The Morgan fingerprint density at radius 3 is 2.17 bits per heavy atom. The van der Waals surface area contributed by atoms with Crippen molar-refractivity contribution >= 4 is 49.4 Å². The topological polar surface area (TPSA) is 76.3 Å². The number of piperazine rings is 1. The van der Waals surface area contributed by atoms with Crippen LogP contribution in [0.15, 0.2) is 26.3 Å². The standard InChI is InChI=1S/C13H17BrN4O3S.ClH/c1-16-10-7-9(14)12(8-11(10)17(2)13(16)19)22(20,21)18-5-3-15-4-6-18;/h7-8,15H,3-6H2,1-2H3;1H. The Bertz CT molecular complexity index is 900. The zero-order valence-corrected chi connectivity index (χ0v) is 16.0. The molecule has 1 N–H and O–H groups in total. The fourth-order valence-electron chi connectivity index (χ4n) is 2.72. The van der Waals surface area contributed by atoms with Crippen molar-refractivity contribution < 1.29 is 8.42 Å². The second-order valence-electron chi connectivity index (χ2n) is 5.33. The highest BCUT2D eigenvalue weighted by molar-refractivity contribution is 9.10. The van der Waals surface area contributed by atoms with E-state index in [-0.39, 0.29) is 23.0 Å². The van der Waals surface area contributed by atoms with Crippen LogP contribution < -0.4 is 11.0 Å². The molecule has 0 aliphatic carbocycles. The van der Waals surface area contributed by atoms with Crippen LogP contribution >= 0.6 is 28.3 Å². The van der Waals surface area contributed by atoms with E-state index in [4.69, 9.17) is 0 Å². The van der Waals surface area contributed by atoms with E-state index < -0.39 is 10.0 Å². The Hall–Kier alpha value is -0.870. The van der Waals surface area contributed by atoms with E-state index in [1.807, 2.05) is 0 Å². The van der Waals surface area contributed by atoms with Crippen molar-refractivity contribution in [3.63, 3.8) is 0 Å². The Morgan fingerprint density at radius 1 is 1.09 bits per heavy atom. The van der Waals surface area contributed by atoms with Gasteiger partial charge in [-0.25, -0.2) is 13.2 Å². The molecule has 0 spiro atoms. The van der Waals surface area contributed by atoms with Crippen LogP contribution in [0.25, 0.3) is 11.0 Å². The predicted molar refractivity (Wildman–Crippen MR) is 94.7 cm³/mol. The van der Waals surface area contributed by atoms with Crippen molar-refractivity contribution in [2.75, 3.05) is 26.2 Å². The van der Waals surface area contributed by atoms with Crippen molar-refractivity contribution in [1.82, 2.24) is 18.8 Å². The number of aryl methyl sites for hydroxylation is 2. The fourth-order valence-corrected chi connectivity index (χ4v) is 5.17. The third-order valence-electron chi connectivity index (χ3n) is 4.02. The summed E-state index contributed by atoms with van der Waals surface area (Å²) in [6.45, 7) is 2.17. The second kappa shape index (κ2) is 6.56. The number of benzene rings is 1. The smallest absolute Gasteiger partial charge is 0.314 e. The molecule has 0 radical (unpaired) electrons. The molecule has 0 atom stereocenters. The molecule has 0 amide bonds. The molecule has 1 saturated heterocycles. The predicted octanol–water partition coefficient (Wildman–Crippen LogP) is 0.655. The monoisotopic (exact) mass is 424 g/mol.